The van der Waals surface area contributed by atoms with Crippen LogP contribution in [-0.4, -0.2) is 59.5 Å². The van der Waals surface area contributed by atoms with Gasteiger partial charge in [-0.05, 0) is 33.1 Å². The van der Waals surface area contributed by atoms with E-state index < -0.39 is 5.60 Å². The Balaban J connectivity index is 2.13. The number of rotatable bonds is 5. The summed E-state index contributed by atoms with van der Waals surface area (Å²) in [6.07, 6.45) is 4.26. The highest BCUT2D eigenvalue weighted by molar-refractivity contribution is 5.95. The number of hydrogen-bond donors (Lipinski definition) is 1. The number of carbonyl (C=O) groups is 2. The molecule has 0 bridgehead atoms. The van der Waals surface area contributed by atoms with Crippen LogP contribution in [0.4, 0.5) is 0 Å². The fourth-order valence-electron chi connectivity index (χ4n) is 3.17. The summed E-state index contributed by atoms with van der Waals surface area (Å²) in [6.45, 7) is 4.78. The lowest BCUT2D eigenvalue weighted by atomic mass is 9.87. The fraction of sp³-hybridized carbons (Fsp3) is 0.647. The Morgan fingerprint density at radius 2 is 2.17 bits per heavy atom. The Labute approximate surface area is 142 Å². The molecule has 1 aliphatic rings. The Bertz CT molecular complexity index is 620. The van der Waals surface area contributed by atoms with Crippen molar-refractivity contribution < 1.29 is 14.3 Å². The van der Waals surface area contributed by atoms with Crippen LogP contribution in [0, 0.1) is 13.8 Å². The first-order valence-electron chi connectivity index (χ1n) is 8.26. The summed E-state index contributed by atoms with van der Waals surface area (Å²) in [6, 6.07) is 0. The molecule has 24 heavy (non-hydrogen) atoms. The van der Waals surface area contributed by atoms with E-state index in [2.05, 4.69) is 15.3 Å². The summed E-state index contributed by atoms with van der Waals surface area (Å²) >= 11 is 0. The smallest absolute Gasteiger partial charge is 0.257 e. The van der Waals surface area contributed by atoms with Crippen molar-refractivity contribution in [3.05, 3.63) is 23.3 Å². The fourth-order valence-corrected chi connectivity index (χ4v) is 3.17. The topological polar surface area (TPSA) is 84.4 Å². The maximum absolute atomic E-state index is 12.8. The molecule has 0 aromatic carbocycles. The first-order chi connectivity index (χ1) is 11.4. The van der Waals surface area contributed by atoms with Crippen molar-refractivity contribution in [1.82, 2.24) is 20.2 Å². The van der Waals surface area contributed by atoms with Gasteiger partial charge in [0, 0.05) is 39.9 Å². The van der Waals surface area contributed by atoms with Gasteiger partial charge in [0.25, 0.3) is 5.91 Å². The standard InChI is InChI=1S/C17H26N4O3/c1-12-14(10-19-13(2)20-12)16(23)21-9-5-7-17(11-21,24-4)8-6-15(22)18-3/h10H,5-9,11H2,1-4H3,(H,18,22)/t17-/m1/s1. The summed E-state index contributed by atoms with van der Waals surface area (Å²) in [5.74, 6) is 0.561. The number of amides is 2. The number of ether oxygens (including phenoxy) is 1. The van der Waals surface area contributed by atoms with Gasteiger partial charge in [-0.1, -0.05) is 0 Å². The third-order valence-electron chi connectivity index (χ3n) is 4.68. The van der Waals surface area contributed by atoms with E-state index in [9.17, 15) is 9.59 Å². The summed E-state index contributed by atoms with van der Waals surface area (Å²) in [5, 5.41) is 2.63. The molecule has 7 heteroatoms. The maximum Gasteiger partial charge on any atom is 0.257 e. The highest BCUT2D eigenvalue weighted by atomic mass is 16.5. The number of nitrogens with one attached hydrogen (secondary N) is 1. The predicted octanol–water partition coefficient (Wildman–Crippen LogP) is 1.24. The van der Waals surface area contributed by atoms with E-state index in [0.29, 0.717) is 43.0 Å². The number of aryl methyl sites for hydroxylation is 2. The molecule has 1 saturated heterocycles. The minimum atomic E-state index is -0.472. The molecule has 2 rings (SSSR count). The molecule has 0 saturated carbocycles. The molecule has 0 radical (unpaired) electrons. The van der Waals surface area contributed by atoms with Crippen molar-refractivity contribution in [2.45, 2.75) is 45.1 Å². The number of carbonyl (C=O) groups excluding carboxylic acids is 2. The number of hydrogen-bond acceptors (Lipinski definition) is 5. The zero-order chi connectivity index (χ0) is 17.7. The second kappa shape index (κ2) is 7.70. The van der Waals surface area contributed by atoms with Crippen LogP contribution >= 0.6 is 0 Å². The molecule has 7 nitrogen and oxygen atoms in total. The highest BCUT2D eigenvalue weighted by Gasteiger charge is 2.38. The van der Waals surface area contributed by atoms with E-state index in [1.165, 1.54) is 0 Å². The normalized spacial score (nSPS) is 20.8. The van der Waals surface area contributed by atoms with Crippen LogP contribution in [0.25, 0.3) is 0 Å². The molecule has 1 atom stereocenters. The van der Waals surface area contributed by atoms with Crippen LogP contribution in [0.2, 0.25) is 0 Å². The van der Waals surface area contributed by atoms with Crippen molar-refractivity contribution in [3.63, 3.8) is 0 Å². The molecule has 2 heterocycles. The zero-order valence-electron chi connectivity index (χ0n) is 14.9. The number of piperidine rings is 1. The number of nitrogens with zero attached hydrogens (tertiary/aromatic N) is 3. The van der Waals surface area contributed by atoms with E-state index >= 15 is 0 Å². The molecule has 1 aromatic heterocycles. The monoisotopic (exact) mass is 334 g/mol. The van der Waals surface area contributed by atoms with Crippen LogP contribution in [0.1, 0.15) is 47.6 Å². The van der Waals surface area contributed by atoms with E-state index in [4.69, 9.17) is 4.74 Å². The van der Waals surface area contributed by atoms with Crippen LogP contribution in [0.3, 0.4) is 0 Å². The number of aromatic nitrogens is 2. The minimum absolute atomic E-state index is 0.0161. The largest absolute Gasteiger partial charge is 0.376 e. The average Bonchev–Trinajstić information content (AvgIpc) is 2.59. The van der Waals surface area contributed by atoms with Crippen LogP contribution in [0.15, 0.2) is 6.20 Å². The first kappa shape index (κ1) is 18.3. The number of likely N-dealkylation sites (tertiary alicyclic amines) is 1. The molecule has 1 aromatic rings. The molecule has 2 amide bonds. The maximum atomic E-state index is 12.8. The summed E-state index contributed by atoms with van der Waals surface area (Å²) in [4.78, 5) is 34.6. The number of methoxy groups -OCH3 is 1. The molecule has 1 aliphatic heterocycles. The van der Waals surface area contributed by atoms with E-state index in [1.54, 1.807) is 32.2 Å². The molecule has 0 aliphatic carbocycles. The average molecular weight is 334 g/mol. The Hall–Kier alpha value is -2.02. The third kappa shape index (κ3) is 4.08. The molecular weight excluding hydrogens is 308 g/mol. The Morgan fingerprint density at radius 1 is 1.42 bits per heavy atom. The summed E-state index contributed by atoms with van der Waals surface area (Å²) in [7, 11) is 3.27. The summed E-state index contributed by atoms with van der Waals surface area (Å²) < 4.78 is 5.73. The summed E-state index contributed by atoms with van der Waals surface area (Å²) in [5.41, 5.74) is 0.741. The molecule has 1 N–H and O–H groups in total. The van der Waals surface area contributed by atoms with Gasteiger partial charge in [0.15, 0.2) is 0 Å². The molecule has 1 fully saturated rings. The van der Waals surface area contributed by atoms with Crippen LogP contribution in [0.5, 0.6) is 0 Å². The van der Waals surface area contributed by atoms with Gasteiger partial charge in [-0.25, -0.2) is 9.97 Å². The SMILES string of the molecule is CNC(=O)CC[C@]1(OC)CCCN(C(=O)c2cnc(C)nc2C)C1. The van der Waals surface area contributed by atoms with E-state index in [-0.39, 0.29) is 11.8 Å². The zero-order valence-corrected chi connectivity index (χ0v) is 14.9. The Kier molecular flexibility index (Phi) is 5.88. The van der Waals surface area contributed by atoms with Crippen LogP contribution < -0.4 is 5.32 Å². The van der Waals surface area contributed by atoms with Gasteiger partial charge in [-0.2, -0.15) is 0 Å². The van der Waals surface area contributed by atoms with E-state index in [0.717, 1.165) is 12.8 Å². The molecule has 0 spiro atoms. The van der Waals surface area contributed by atoms with Gasteiger partial charge < -0.3 is 15.0 Å². The Morgan fingerprint density at radius 3 is 2.79 bits per heavy atom. The van der Waals surface area contributed by atoms with Gasteiger partial charge in [0.05, 0.1) is 16.9 Å². The second-order valence-corrected chi connectivity index (χ2v) is 6.31. The quantitative estimate of drug-likeness (QED) is 0.876. The van der Waals surface area contributed by atoms with Crippen molar-refractivity contribution in [3.8, 4) is 0 Å². The van der Waals surface area contributed by atoms with Crippen molar-refractivity contribution in [2.24, 2.45) is 0 Å². The van der Waals surface area contributed by atoms with E-state index in [1.807, 2.05) is 6.92 Å². The van der Waals surface area contributed by atoms with Gasteiger partial charge in [-0.3, -0.25) is 9.59 Å². The molecular formula is C17H26N4O3. The lowest BCUT2D eigenvalue weighted by molar-refractivity contribution is -0.123. The lowest BCUT2D eigenvalue weighted by Gasteiger charge is -2.42. The second-order valence-electron chi connectivity index (χ2n) is 6.31. The van der Waals surface area contributed by atoms with Gasteiger partial charge in [0.1, 0.15) is 5.82 Å². The molecule has 0 unspecified atom stereocenters. The van der Waals surface area contributed by atoms with Gasteiger partial charge in [0.2, 0.25) is 5.91 Å². The van der Waals surface area contributed by atoms with Gasteiger partial charge in [-0.15, -0.1) is 0 Å². The minimum Gasteiger partial charge on any atom is -0.376 e. The van der Waals surface area contributed by atoms with Crippen molar-refractivity contribution in [2.75, 3.05) is 27.2 Å². The van der Waals surface area contributed by atoms with Crippen LogP contribution in [-0.2, 0) is 9.53 Å². The van der Waals surface area contributed by atoms with Crippen molar-refractivity contribution >= 4 is 11.8 Å². The van der Waals surface area contributed by atoms with Gasteiger partial charge >= 0.3 is 0 Å². The predicted molar refractivity (Wildman–Crippen MR) is 89.7 cm³/mol. The van der Waals surface area contributed by atoms with Crippen molar-refractivity contribution in [1.29, 1.82) is 0 Å². The highest BCUT2D eigenvalue weighted by Crippen LogP contribution is 2.30. The first-order valence-corrected chi connectivity index (χ1v) is 8.26. The molecule has 132 valence electrons. The third-order valence-corrected chi connectivity index (χ3v) is 4.68. The lowest BCUT2D eigenvalue weighted by Crippen LogP contribution is -2.52.